The SMILES string of the molecule is COc1ccc(NCCNc2ccc(Cl)c(Cl)c2)cc1OCCN1CCCCC1. The van der Waals surface area contributed by atoms with E-state index in [2.05, 4.69) is 15.5 Å². The number of methoxy groups -OCH3 is 1. The Labute approximate surface area is 183 Å². The first-order valence-electron chi connectivity index (χ1n) is 10.1. The van der Waals surface area contributed by atoms with Crippen molar-refractivity contribution in [3.05, 3.63) is 46.4 Å². The number of benzene rings is 2. The molecule has 0 unspecified atom stereocenters. The van der Waals surface area contributed by atoms with Crippen LogP contribution in [0.4, 0.5) is 11.4 Å². The van der Waals surface area contributed by atoms with Gasteiger partial charge in [0.05, 0.1) is 17.2 Å². The van der Waals surface area contributed by atoms with Gasteiger partial charge in [-0.25, -0.2) is 0 Å². The molecular weight excluding hydrogens is 409 g/mol. The number of hydrogen-bond donors (Lipinski definition) is 2. The molecule has 0 radical (unpaired) electrons. The lowest BCUT2D eigenvalue weighted by Crippen LogP contribution is -2.33. The molecule has 29 heavy (non-hydrogen) atoms. The number of likely N-dealkylation sites (tertiary alicyclic amines) is 1. The van der Waals surface area contributed by atoms with E-state index in [0.717, 1.165) is 42.5 Å². The number of piperidine rings is 1. The van der Waals surface area contributed by atoms with Gasteiger partial charge in [-0.3, -0.25) is 4.90 Å². The topological polar surface area (TPSA) is 45.8 Å². The molecule has 1 heterocycles. The van der Waals surface area contributed by atoms with Crippen molar-refractivity contribution in [2.75, 3.05) is 57.1 Å². The molecule has 0 aliphatic carbocycles. The average molecular weight is 438 g/mol. The summed E-state index contributed by atoms with van der Waals surface area (Å²) in [6.45, 7) is 5.46. The maximum atomic E-state index is 6.04. The zero-order valence-electron chi connectivity index (χ0n) is 16.8. The minimum atomic E-state index is 0.547. The van der Waals surface area contributed by atoms with E-state index in [1.165, 1.54) is 32.4 Å². The molecule has 0 aromatic heterocycles. The van der Waals surface area contributed by atoms with Crippen molar-refractivity contribution >= 4 is 34.6 Å². The Balaban J connectivity index is 1.46. The Morgan fingerprint density at radius 3 is 2.24 bits per heavy atom. The minimum absolute atomic E-state index is 0.547. The van der Waals surface area contributed by atoms with Crippen LogP contribution in [0.2, 0.25) is 10.0 Å². The number of halogens is 2. The highest BCUT2D eigenvalue weighted by molar-refractivity contribution is 6.42. The predicted molar refractivity (Wildman–Crippen MR) is 122 cm³/mol. The summed E-state index contributed by atoms with van der Waals surface area (Å²) in [5, 5.41) is 7.83. The Morgan fingerprint density at radius 2 is 1.55 bits per heavy atom. The van der Waals surface area contributed by atoms with Gasteiger partial charge in [-0.2, -0.15) is 0 Å². The van der Waals surface area contributed by atoms with Gasteiger partial charge >= 0.3 is 0 Å². The summed E-state index contributed by atoms with van der Waals surface area (Å²) in [7, 11) is 1.67. The van der Waals surface area contributed by atoms with E-state index in [9.17, 15) is 0 Å². The van der Waals surface area contributed by atoms with E-state index in [1.54, 1.807) is 13.2 Å². The third-order valence-corrected chi connectivity index (χ3v) is 5.72. The van der Waals surface area contributed by atoms with Crippen LogP contribution in [-0.4, -0.2) is 51.3 Å². The molecule has 1 aliphatic heterocycles. The third-order valence-electron chi connectivity index (χ3n) is 4.98. The van der Waals surface area contributed by atoms with Crippen LogP contribution >= 0.6 is 23.2 Å². The van der Waals surface area contributed by atoms with Crippen LogP contribution in [0.5, 0.6) is 11.5 Å². The Bertz CT molecular complexity index is 783. The summed E-state index contributed by atoms with van der Waals surface area (Å²) in [4.78, 5) is 2.47. The fourth-order valence-corrected chi connectivity index (χ4v) is 3.69. The Kier molecular flexibility index (Phi) is 8.59. The lowest BCUT2D eigenvalue weighted by atomic mass is 10.1. The summed E-state index contributed by atoms with van der Waals surface area (Å²) in [6.07, 6.45) is 3.93. The van der Waals surface area contributed by atoms with E-state index in [-0.39, 0.29) is 0 Å². The molecule has 1 aliphatic rings. The molecule has 5 nitrogen and oxygen atoms in total. The molecule has 0 saturated carbocycles. The first-order valence-corrected chi connectivity index (χ1v) is 10.9. The van der Waals surface area contributed by atoms with E-state index >= 15 is 0 Å². The maximum absolute atomic E-state index is 6.04. The second kappa shape index (κ2) is 11.4. The largest absolute Gasteiger partial charge is 0.493 e. The van der Waals surface area contributed by atoms with Crippen LogP contribution in [0.25, 0.3) is 0 Å². The van der Waals surface area contributed by atoms with Gasteiger partial charge in [-0.05, 0) is 56.3 Å². The lowest BCUT2D eigenvalue weighted by Gasteiger charge is -2.26. The highest BCUT2D eigenvalue weighted by Gasteiger charge is 2.11. The summed E-state index contributed by atoms with van der Waals surface area (Å²) in [5.41, 5.74) is 1.94. The molecule has 158 valence electrons. The number of nitrogens with zero attached hydrogens (tertiary/aromatic N) is 1. The number of ether oxygens (including phenoxy) is 2. The molecule has 1 saturated heterocycles. The third kappa shape index (κ3) is 6.88. The van der Waals surface area contributed by atoms with Gasteiger partial charge in [0.2, 0.25) is 0 Å². The highest BCUT2D eigenvalue weighted by Crippen LogP contribution is 2.30. The zero-order valence-corrected chi connectivity index (χ0v) is 18.4. The molecule has 0 amide bonds. The van der Waals surface area contributed by atoms with E-state index in [4.69, 9.17) is 32.7 Å². The van der Waals surface area contributed by atoms with Gasteiger partial charge in [-0.15, -0.1) is 0 Å². The van der Waals surface area contributed by atoms with E-state index in [0.29, 0.717) is 16.7 Å². The molecule has 2 aromatic rings. The second-order valence-electron chi connectivity index (χ2n) is 7.10. The Hall–Kier alpha value is -1.82. The maximum Gasteiger partial charge on any atom is 0.163 e. The van der Waals surface area contributed by atoms with Gasteiger partial charge in [-0.1, -0.05) is 29.6 Å². The first kappa shape index (κ1) is 21.9. The minimum Gasteiger partial charge on any atom is -0.493 e. The lowest BCUT2D eigenvalue weighted by molar-refractivity contribution is 0.180. The van der Waals surface area contributed by atoms with Crippen LogP contribution in [0, 0.1) is 0 Å². The molecule has 7 heteroatoms. The van der Waals surface area contributed by atoms with Crippen LogP contribution in [0.15, 0.2) is 36.4 Å². The average Bonchev–Trinajstić information content (AvgIpc) is 2.74. The van der Waals surface area contributed by atoms with Gasteiger partial charge < -0.3 is 20.1 Å². The monoisotopic (exact) mass is 437 g/mol. The summed E-state index contributed by atoms with van der Waals surface area (Å²) in [5.74, 6) is 1.52. The molecule has 1 fully saturated rings. The predicted octanol–water partition coefficient (Wildman–Crippen LogP) is 5.39. The first-order chi connectivity index (χ1) is 14.2. The smallest absolute Gasteiger partial charge is 0.163 e. The zero-order chi connectivity index (χ0) is 20.5. The van der Waals surface area contributed by atoms with Gasteiger partial charge in [0, 0.05) is 37.1 Å². The fraction of sp³-hybridized carbons (Fsp3) is 0.455. The quantitative estimate of drug-likeness (QED) is 0.487. The van der Waals surface area contributed by atoms with Crippen LogP contribution in [0.3, 0.4) is 0 Å². The van der Waals surface area contributed by atoms with Crippen molar-refractivity contribution in [2.24, 2.45) is 0 Å². The molecule has 0 bridgehead atoms. The van der Waals surface area contributed by atoms with Crippen molar-refractivity contribution in [1.29, 1.82) is 0 Å². The molecular formula is C22H29Cl2N3O2. The molecule has 0 atom stereocenters. The second-order valence-corrected chi connectivity index (χ2v) is 7.91. The number of nitrogens with one attached hydrogen (secondary N) is 2. The van der Waals surface area contributed by atoms with Crippen LogP contribution < -0.4 is 20.1 Å². The van der Waals surface area contributed by atoms with Crippen molar-refractivity contribution in [2.45, 2.75) is 19.3 Å². The van der Waals surface area contributed by atoms with Gasteiger partial charge in [0.15, 0.2) is 11.5 Å². The van der Waals surface area contributed by atoms with E-state index < -0.39 is 0 Å². The van der Waals surface area contributed by atoms with Crippen LogP contribution in [-0.2, 0) is 0 Å². The highest BCUT2D eigenvalue weighted by atomic mass is 35.5. The molecule has 0 spiro atoms. The van der Waals surface area contributed by atoms with Gasteiger partial charge in [0.25, 0.3) is 0 Å². The number of anilines is 2. The van der Waals surface area contributed by atoms with Crippen molar-refractivity contribution < 1.29 is 9.47 Å². The fourth-order valence-electron chi connectivity index (χ4n) is 3.39. The summed E-state index contributed by atoms with van der Waals surface area (Å²) in [6, 6.07) is 11.5. The molecule has 2 aromatic carbocycles. The molecule has 3 rings (SSSR count). The number of hydrogen-bond acceptors (Lipinski definition) is 5. The van der Waals surface area contributed by atoms with Gasteiger partial charge in [0.1, 0.15) is 6.61 Å². The van der Waals surface area contributed by atoms with Crippen LogP contribution in [0.1, 0.15) is 19.3 Å². The summed E-state index contributed by atoms with van der Waals surface area (Å²) >= 11 is 12.0. The van der Waals surface area contributed by atoms with Crippen molar-refractivity contribution in [3.8, 4) is 11.5 Å². The standard InChI is InChI=1S/C22H29Cl2N3O2/c1-28-21-8-6-18(16-22(21)29-14-13-27-11-3-2-4-12-27)26-10-9-25-17-5-7-19(23)20(24)15-17/h5-8,15-16,25-26H,2-4,9-14H2,1H3. The number of rotatable bonds is 10. The summed E-state index contributed by atoms with van der Waals surface area (Å²) < 4.78 is 11.5. The normalized spacial score (nSPS) is 14.4. The van der Waals surface area contributed by atoms with E-state index in [1.807, 2.05) is 30.3 Å². The Morgan fingerprint density at radius 1 is 0.862 bits per heavy atom. The molecule has 2 N–H and O–H groups in total. The van der Waals surface area contributed by atoms with Crippen molar-refractivity contribution in [3.63, 3.8) is 0 Å². The van der Waals surface area contributed by atoms with Crippen molar-refractivity contribution in [1.82, 2.24) is 4.90 Å².